The third kappa shape index (κ3) is 5.11. The highest BCUT2D eigenvalue weighted by Crippen LogP contribution is 2.32. The molecule has 0 fully saturated rings. The molecule has 0 aromatic heterocycles. The van der Waals surface area contributed by atoms with Crippen molar-refractivity contribution in [3.05, 3.63) is 23.8 Å². The first-order chi connectivity index (χ1) is 10.5. The Morgan fingerprint density at radius 1 is 1.35 bits per heavy atom. The van der Waals surface area contributed by atoms with E-state index in [1.54, 1.807) is 6.07 Å². The number of para-hydroxylation sites is 1. The van der Waals surface area contributed by atoms with Crippen LogP contribution in [0.2, 0.25) is 0 Å². The average Bonchev–Trinajstić information content (AvgIpc) is 2.52. The summed E-state index contributed by atoms with van der Waals surface area (Å²) in [4.78, 5) is 23.7. The molecule has 0 spiro atoms. The number of hydrogen-bond acceptors (Lipinski definition) is 4. The van der Waals surface area contributed by atoms with Crippen LogP contribution in [0.25, 0.3) is 0 Å². The number of amides is 2. The first-order valence-corrected chi connectivity index (χ1v) is 7.57. The van der Waals surface area contributed by atoms with Crippen molar-refractivity contribution in [1.82, 2.24) is 5.32 Å². The molecule has 0 aliphatic carbocycles. The topological polar surface area (TPSA) is 93.5 Å². The standard InChI is InChI=1S/C16H23N3O3.ClH/c1-10(2)14(17)16(21)18-9-13(20)19-12-7-3-5-11-6-4-8-22-15(11)12;/h3,5,7,10,14H,4,6,8-9,17H2,1-2H3,(H,18,21)(H,19,20);1H/t14-;/m0./s1. The molecule has 1 aliphatic heterocycles. The fraction of sp³-hybridized carbons (Fsp3) is 0.500. The Morgan fingerprint density at radius 2 is 2.09 bits per heavy atom. The van der Waals surface area contributed by atoms with Gasteiger partial charge in [-0.15, -0.1) is 12.4 Å². The number of halogens is 1. The number of benzene rings is 1. The summed E-state index contributed by atoms with van der Waals surface area (Å²) in [6, 6.07) is 5.06. The van der Waals surface area contributed by atoms with Crippen molar-refractivity contribution in [3.8, 4) is 5.75 Å². The fourth-order valence-corrected chi connectivity index (χ4v) is 2.27. The van der Waals surface area contributed by atoms with Gasteiger partial charge in [0.2, 0.25) is 11.8 Å². The van der Waals surface area contributed by atoms with E-state index in [1.165, 1.54) is 0 Å². The van der Waals surface area contributed by atoms with E-state index >= 15 is 0 Å². The number of nitrogens with two attached hydrogens (primary N) is 1. The molecule has 0 saturated carbocycles. The molecule has 7 heteroatoms. The van der Waals surface area contributed by atoms with Crippen LogP contribution in [0.15, 0.2) is 18.2 Å². The Kier molecular flexibility index (Phi) is 7.32. The van der Waals surface area contributed by atoms with Gasteiger partial charge in [0.1, 0.15) is 5.75 Å². The number of fused-ring (bicyclic) bond motifs is 1. The molecule has 0 bridgehead atoms. The van der Waals surface area contributed by atoms with Gasteiger partial charge in [0.25, 0.3) is 0 Å². The molecule has 23 heavy (non-hydrogen) atoms. The number of rotatable bonds is 5. The third-order valence-corrected chi connectivity index (χ3v) is 3.65. The maximum absolute atomic E-state index is 12.0. The van der Waals surface area contributed by atoms with Gasteiger partial charge in [-0.3, -0.25) is 9.59 Å². The number of carbonyl (C=O) groups excluding carboxylic acids is 2. The molecule has 1 aliphatic rings. The first kappa shape index (κ1) is 19.3. The zero-order valence-corrected chi connectivity index (χ0v) is 14.2. The average molecular weight is 342 g/mol. The van der Waals surface area contributed by atoms with Gasteiger partial charge in [-0.2, -0.15) is 0 Å². The minimum atomic E-state index is -0.611. The van der Waals surface area contributed by atoms with E-state index in [0.29, 0.717) is 12.3 Å². The summed E-state index contributed by atoms with van der Waals surface area (Å²) in [7, 11) is 0. The van der Waals surface area contributed by atoms with Crippen LogP contribution in [0.4, 0.5) is 5.69 Å². The normalized spacial score (nSPS) is 14.1. The Balaban J connectivity index is 0.00000264. The van der Waals surface area contributed by atoms with Crippen LogP contribution < -0.4 is 21.1 Å². The minimum Gasteiger partial charge on any atom is -0.491 e. The van der Waals surface area contributed by atoms with Crippen molar-refractivity contribution in [3.63, 3.8) is 0 Å². The van der Waals surface area contributed by atoms with Crippen LogP contribution in [-0.2, 0) is 16.0 Å². The molecule has 0 radical (unpaired) electrons. The van der Waals surface area contributed by atoms with Gasteiger partial charge in [-0.25, -0.2) is 0 Å². The molecule has 1 heterocycles. The summed E-state index contributed by atoms with van der Waals surface area (Å²) >= 11 is 0. The van der Waals surface area contributed by atoms with E-state index < -0.39 is 6.04 Å². The molecule has 0 saturated heterocycles. The number of ether oxygens (including phenoxy) is 1. The molecule has 128 valence electrons. The van der Waals surface area contributed by atoms with Crippen molar-refractivity contribution < 1.29 is 14.3 Å². The molecule has 1 atom stereocenters. The molecule has 2 rings (SSSR count). The summed E-state index contributed by atoms with van der Waals surface area (Å²) in [5, 5.41) is 5.32. The van der Waals surface area contributed by atoms with Crippen LogP contribution in [0.3, 0.4) is 0 Å². The second-order valence-corrected chi connectivity index (χ2v) is 5.78. The lowest BCUT2D eigenvalue weighted by atomic mass is 10.0. The van der Waals surface area contributed by atoms with E-state index in [-0.39, 0.29) is 36.7 Å². The maximum atomic E-state index is 12.0. The lowest BCUT2D eigenvalue weighted by Gasteiger charge is -2.20. The van der Waals surface area contributed by atoms with Crippen LogP contribution in [-0.4, -0.2) is 31.0 Å². The molecule has 2 amide bonds. The van der Waals surface area contributed by atoms with Crippen LogP contribution in [0.5, 0.6) is 5.75 Å². The van der Waals surface area contributed by atoms with E-state index in [9.17, 15) is 9.59 Å². The van der Waals surface area contributed by atoms with Gasteiger partial charge in [-0.1, -0.05) is 26.0 Å². The van der Waals surface area contributed by atoms with Crippen molar-refractivity contribution in [2.75, 3.05) is 18.5 Å². The zero-order chi connectivity index (χ0) is 16.1. The van der Waals surface area contributed by atoms with Crippen LogP contribution in [0.1, 0.15) is 25.8 Å². The molecule has 6 nitrogen and oxygen atoms in total. The molecule has 1 aromatic carbocycles. The SMILES string of the molecule is CC(C)[C@H](N)C(=O)NCC(=O)Nc1cccc2c1OCCC2.Cl. The zero-order valence-electron chi connectivity index (χ0n) is 13.4. The van der Waals surface area contributed by atoms with Gasteiger partial charge in [0, 0.05) is 0 Å². The number of anilines is 1. The predicted octanol–water partition coefficient (Wildman–Crippen LogP) is 1.47. The fourth-order valence-electron chi connectivity index (χ4n) is 2.27. The summed E-state index contributed by atoms with van der Waals surface area (Å²) in [6.45, 7) is 4.26. The smallest absolute Gasteiger partial charge is 0.243 e. The molecular weight excluding hydrogens is 318 g/mol. The first-order valence-electron chi connectivity index (χ1n) is 7.57. The Morgan fingerprint density at radius 3 is 2.78 bits per heavy atom. The Labute approximate surface area is 142 Å². The number of carbonyl (C=O) groups is 2. The summed E-state index contributed by atoms with van der Waals surface area (Å²) in [5.41, 5.74) is 7.46. The lowest BCUT2D eigenvalue weighted by molar-refractivity contribution is -0.125. The van der Waals surface area contributed by atoms with Crippen molar-refractivity contribution >= 4 is 29.9 Å². The second-order valence-electron chi connectivity index (χ2n) is 5.78. The van der Waals surface area contributed by atoms with Gasteiger partial charge >= 0.3 is 0 Å². The third-order valence-electron chi connectivity index (χ3n) is 3.65. The minimum absolute atomic E-state index is 0. The van der Waals surface area contributed by atoms with E-state index in [0.717, 1.165) is 24.2 Å². The maximum Gasteiger partial charge on any atom is 0.243 e. The number of nitrogens with one attached hydrogen (secondary N) is 2. The molecule has 0 unspecified atom stereocenters. The second kappa shape index (κ2) is 8.74. The van der Waals surface area contributed by atoms with E-state index in [4.69, 9.17) is 10.5 Å². The number of aryl methyl sites for hydroxylation is 1. The Hall–Kier alpha value is -1.79. The monoisotopic (exact) mass is 341 g/mol. The van der Waals surface area contributed by atoms with Gasteiger partial charge < -0.3 is 21.1 Å². The van der Waals surface area contributed by atoms with Gasteiger partial charge in [0.15, 0.2) is 0 Å². The van der Waals surface area contributed by atoms with Gasteiger partial charge in [0.05, 0.1) is 24.9 Å². The molecular formula is C16H24ClN3O3. The van der Waals surface area contributed by atoms with Crippen molar-refractivity contribution in [1.29, 1.82) is 0 Å². The molecule has 1 aromatic rings. The molecule has 4 N–H and O–H groups in total. The summed E-state index contributed by atoms with van der Waals surface area (Å²) in [5.74, 6) is 0.133. The van der Waals surface area contributed by atoms with E-state index in [2.05, 4.69) is 10.6 Å². The largest absolute Gasteiger partial charge is 0.491 e. The Bertz CT molecular complexity index is 564. The van der Waals surface area contributed by atoms with E-state index in [1.807, 2.05) is 26.0 Å². The van der Waals surface area contributed by atoms with Crippen LogP contribution in [0, 0.1) is 5.92 Å². The summed E-state index contributed by atoms with van der Waals surface area (Å²) < 4.78 is 5.63. The van der Waals surface area contributed by atoms with Crippen molar-refractivity contribution in [2.45, 2.75) is 32.7 Å². The number of hydrogen-bond donors (Lipinski definition) is 3. The lowest BCUT2D eigenvalue weighted by Crippen LogP contribution is -2.46. The van der Waals surface area contributed by atoms with Crippen LogP contribution >= 0.6 is 12.4 Å². The van der Waals surface area contributed by atoms with Gasteiger partial charge in [-0.05, 0) is 30.4 Å². The predicted molar refractivity (Wildman–Crippen MR) is 92.0 cm³/mol. The quantitative estimate of drug-likeness (QED) is 0.756. The highest BCUT2D eigenvalue weighted by atomic mass is 35.5. The van der Waals surface area contributed by atoms with Crippen molar-refractivity contribution in [2.24, 2.45) is 11.7 Å². The highest BCUT2D eigenvalue weighted by Gasteiger charge is 2.19. The summed E-state index contributed by atoms with van der Waals surface area (Å²) in [6.07, 6.45) is 1.92. The highest BCUT2D eigenvalue weighted by molar-refractivity contribution is 5.96.